The fourth-order valence-corrected chi connectivity index (χ4v) is 3.60. The van der Waals surface area contributed by atoms with Gasteiger partial charge in [0, 0.05) is 18.0 Å². The Balaban J connectivity index is 2.53. The van der Waals surface area contributed by atoms with E-state index in [4.69, 9.17) is 10.2 Å². The predicted molar refractivity (Wildman–Crippen MR) is 96.3 cm³/mol. The second-order valence-electron chi connectivity index (χ2n) is 7.39. The zero-order valence-corrected chi connectivity index (χ0v) is 15.4. The van der Waals surface area contributed by atoms with Crippen molar-refractivity contribution in [2.45, 2.75) is 45.0 Å². The molecule has 0 radical (unpaired) electrons. The third kappa shape index (κ3) is 3.49. The number of phenols is 1. The van der Waals surface area contributed by atoms with Gasteiger partial charge in [-0.2, -0.15) is 0 Å². The van der Waals surface area contributed by atoms with E-state index in [1.807, 2.05) is 6.07 Å². The number of benzene rings is 1. The average Bonchev–Trinajstić information content (AvgIpc) is 2.45. The van der Waals surface area contributed by atoms with Crippen LogP contribution < -0.4 is 11.3 Å². The predicted octanol–water partition coefficient (Wildman–Crippen LogP) is 3.26. The molecule has 0 spiro atoms. The van der Waals surface area contributed by atoms with Crippen molar-refractivity contribution in [1.82, 2.24) is 4.98 Å². The minimum absolute atomic E-state index is 0.0459. The van der Waals surface area contributed by atoms with E-state index in [1.54, 1.807) is 12.1 Å². The minimum Gasteiger partial charge on any atom is -0.506 e. The van der Waals surface area contributed by atoms with Crippen molar-refractivity contribution in [1.29, 1.82) is 0 Å². The first-order chi connectivity index (χ1) is 10.6. The molecule has 0 amide bonds. The van der Waals surface area contributed by atoms with Gasteiger partial charge >= 0.3 is 0 Å². The maximum Gasteiger partial charge on any atom is 0.248 e. The van der Waals surface area contributed by atoms with Gasteiger partial charge < -0.3 is 20.3 Å². The maximum absolute atomic E-state index is 11.5. The molecule has 5 nitrogen and oxygen atoms in total. The highest BCUT2D eigenvalue weighted by Crippen LogP contribution is 2.40. The van der Waals surface area contributed by atoms with E-state index in [1.165, 1.54) is 6.07 Å². The number of rotatable bonds is 4. The van der Waals surface area contributed by atoms with E-state index in [0.717, 1.165) is 10.9 Å². The molecule has 0 saturated heterocycles. The summed E-state index contributed by atoms with van der Waals surface area (Å²) in [4.78, 5) is 14.2. The molecule has 2 rings (SSSR count). The van der Waals surface area contributed by atoms with Crippen LogP contribution in [0.2, 0.25) is 18.1 Å². The molecule has 1 atom stereocenters. The van der Waals surface area contributed by atoms with Crippen molar-refractivity contribution in [3.63, 3.8) is 0 Å². The first kappa shape index (κ1) is 17.7. The van der Waals surface area contributed by atoms with Gasteiger partial charge in [0.25, 0.3) is 0 Å². The van der Waals surface area contributed by atoms with Crippen LogP contribution in [0.4, 0.5) is 0 Å². The number of fused-ring (bicyclic) bond motifs is 1. The summed E-state index contributed by atoms with van der Waals surface area (Å²) in [5.41, 5.74) is 7.04. The minimum atomic E-state index is -2.00. The first-order valence-electron chi connectivity index (χ1n) is 7.79. The lowest BCUT2D eigenvalue weighted by molar-refractivity contribution is 0.193. The van der Waals surface area contributed by atoms with Crippen LogP contribution in [0, 0.1) is 0 Å². The smallest absolute Gasteiger partial charge is 0.248 e. The molecule has 2 aromatic rings. The molecule has 0 aliphatic rings. The van der Waals surface area contributed by atoms with Gasteiger partial charge in [0.15, 0.2) is 8.32 Å². The zero-order chi connectivity index (χ0) is 17.4. The lowest BCUT2D eigenvalue weighted by atomic mass is 10.0. The summed E-state index contributed by atoms with van der Waals surface area (Å²) in [6, 6.07) is 6.55. The van der Waals surface area contributed by atoms with Crippen LogP contribution in [0.5, 0.6) is 5.75 Å². The summed E-state index contributed by atoms with van der Waals surface area (Å²) >= 11 is 0. The van der Waals surface area contributed by atoms with Crippen LogP contribution in [0.1, 0.15) is 32.4 Å². The molecule has 0 bridgehead atoms. The summed E-state index contributed by atoms with van der Waals surface area (Å²) < 4.78 is 6.46. The Morgan fingerprint density at radius 2 is 1.91 bits per heavy atom. The van der Waals surface area contributed by atoms with Gasteiger partial charge in [-0.3, -0.25) is 4.79 Å². The van der Waals surface area contributed by atoms with E-state index in [-0.39, 0.29) is 22.5 Å². The third-order valence-electron chi connectivity index (χ3n) is 4.71. The number of nitrogens with one attached hydrogen (secondary N) is 1. The van der Waals surface area contributed by atoms with E-state index in [9.17, 15) is 9.90 Å². The highest BCUT2D eigenvalue weighted by molar-refractivity contribution is 6.74. The molecule has 1 heterocycles. The van der Waals surface area contributed by atoms with Gasteiger partial charge in [-0.1, -0.05) is 26.8 Å². The normalized spacial score (nSPS) is 14.2. The van der Waals surface area contributed by atoms with E-state index < -0.39 is 8.32 Å². The topological polar surface area (TPSA) is 88.3 Å². The number of pyridine rings is 1. The highest BCUT2D eigenvalue weighted by atomic mass is 28.4. The quantitative estimate of drug-likeness (QED) is 0.749. The third-order valence-corrected chi connectivity index (χ3v) is 9.20. The van der Waals surface area contributed by atoms with Gasteiger partial charge in [0.2, 0.25) is 5.56 Å². The monoisotopic (exact) mass is 334 g/mol. The Morgan fingerprint density at radius 1 is 1.26 bits per heavy atom. The second-order valence-corrected chi connectivity index (χ2v) is 12.1. The largest absolute Gasteiger partial charge is 0.506 e. The molecule has 126 valence electrons. The maximum atomic E-state index is 11.5. The Labute approximate surface area is 137 Å². The van der Waals surface area contributed by atoms with Gasteiger partial charge in [0.1, 0.15) is 5.75 Å². The van der Waals surface area contributed by atoms with Gasteiger partial charge in [0.05, 0.1) is 11.6 Å². The van der Waals surface area contributed by atoms with Crippen molar-refractivity contribution >= 4 is 19.2 Å². The molecule has 23 heavy (non-hydrogen) atoms. The van der Waals surface area contributed by atoms with Crippen molar-refractivity contribution in [3.05, 3.63) is 40.2 Å². The average molecular weight is 334 g/mol. The highest BCUT2D eigenvalue weighted by Gasteiger charge is 2.39. The number of aromatic hydroxyl groups is 1. The van der Waals surface area contributed by atoms with Crippen LogP contribution in [-0.2, 0) is 4.43 Å². The van der Waals surface area contributed by atoms with Crippen molar-refractivity contribution in [2.24, 2.45) is 5.73 Å². The van der Waals surface area contributed by atoms with E-state index in [2.05, 4.69) is 38.8 Å². The van der Waals surface area contributed by atoms with Crippen molar-refractivity contribution in [2.75, 3.05) is 6.54 Å². The molecule has 1 aromatic carbocycles. The number of hydrogen-bond donors (Lipinski definition) is 3. The SMILES string of the molecule is CC(C)(C)[Si](C)(C)OC(CN)c1ccc(O)c2[nH]c(=O)ccc12. The molecular formula is C17H26N2O3Si. The number of H-pyrrole nitrogens is 1. The molecule has 0 saturated carbocycles. The molecular weight excluding hydrogens is 308 g/mol. The van der Waals surface area contributed by atoms with E-state index >= 15 is 0 Å². The Bertz CT molecular complexity index is 763. The fourth-order valence-electron chi connectivity index (χ4n) is 2.31. The van der Waals surface area contributed by atoms with Crippen molar-refractivity contribution in [3.8, 4) is 5.75 Å². The summed E-state index contributed by atoms with van der Waals surface area (Å²) in [5.74, 6) is 0.0459. The summed E-state index contributed by atoms with van der Waals surface area (Å²) in [6.45, 7) is 11.2. The van der Waals surface area contributed by atoms with Crippen LogP contribution in [0.3, 0.4) is 0 Å². The zero-order valence-electron chi connectivity index (χ0n) is 14.4. The number of aromatic amines is 1. The molecule has 1 aromatic heterocycles. The van der Waals surface area contributed by atoms with E-state index in [0.29, 0.717) is 12.1 Å². The van der Waals surface area contributed by atoms with Crippen LogP contribution >= 0.6 is 0 Å². The molecule has 0 aliphatic carbocycles. The Morgan fingerprint density at radius 3 is 2.48 bits per heavy atom. The molecule has 0 fully saturated rings. The lowest BCUT2D eigenvalue weighted by Gasteiger charge is -2.39. The Kier molecular flexibility index (Phi) is 4.70. The number of nitrogens with two attached hydrogens (primary N) is 1. The molecule has 4 N–H and O–H groups in total. The molecule has 0 aliphatic heterocycles. The van der Waals surface area contributed by atoms with Crippen LogP contribution in [0.25, 0.3) is 10.9 Å². The Hall–Kier alpha value is -1.63. The molecule has 1 unspecified atom stereocenters. The fraction of sp³-hybridized carbons (Fsp3) is 0.471. The lowest BCUT2D eigenvalue weighted by Crippen LogP contribution is -2.43. The van der Waals surface area contributed by atoms with Gasteiger partial charge in [-0.05, 0) is 35.8 Å². The number of aromatic nitrogens is 1. The second kappa shape index (κ2) is 6.11. The summed E-state index contributed by atoms with van der Waals surface area (Å²) in [7, 11) is -2.00. The summed E-state index contributed by atoms with van der Waals surface area (Å²) in [5, 5.41) is 10.8. The first-order valence-corrected chi connectivity index (χ1v) is 10.7. The number of hydrogen-bond acceptors (Lipinski definition) is 4. The molecule has 6 heteroatoms. The van der Waals surface area contributed by atoms with Crippen LogP contribution in [0.15, 0.2) is 29.1 Å². The van der Waals surface area contributed by atoms with Crippen LogP contribution in [-0.4, -0.2) is 25.0 Å². The van der Waals surface area contributed by atoms with Gasteiger partial charge in [-0.25, -0.2) is 0 Å². The summed E-state index contributed by atoms with van der Waals surface area (Å²) in [6.07, 6.45) is -0.273. The van der Waals surface area contributed by atoms with Crippen molar-refractivity contribution < 1.29 is 9.53 Å². The number of phenolic OH excluding ortho intramolecular Hbond substituents is 1. The standard InChI is InChI=1S/C17H26N2O3Si/c1-17(2,3)23(4,5)22-14(10-18)11-6-8-13(20)16-12(11)7-9-15(21)19-16/h6-9,14,20H,10,18H2,1-5H3,(H,19,21). The van der Waals surface area contributed by atoms with Gasteiger partial charge in [-0.15, -0.1) is 0 Å².